The third kappa shape index (κ3) is 11.5. The third-order valence-electron chi connectivity index (χ3n) is 9.70. The van der Waals surface area contributed by atoms with Crippen molar-refractivity contribution in [1.82, 2.24) is 26.2 Å². The monoisotopic (exact) mass is 659 g/mol. The van der Waals surface area contributed by atoms with Crippen molar-refractivity contribution in [2.24, 2.45) is 11.8 Å². The van der Waals surface area contributed by atoms with Crippen LogP contribution in [0.15, 0.2) is 54.6 Å². The zero-order valence-corrected chi connectivity index (χ0v) is 29.3. The average molecular weight is 660 g/mol. The quantitative estimate of drug-likeness (QED) is 0.144. The summed E-state index contributed by atoms with van der Waals surface area (Å²) in [6.07, 6.45) is 9.71. The summed E-state index contributed by atoms with van der Waals surface area (Å²) in [7, 11) is 0. The van der Waals surface area contributed by atoms with E-state index in [0.29, 0.717) is 50.6 Å². The minimum atomic E-state index is -0.651. The minimum absolute atomic E-state index is 0.0406. The van der Waals surface area contributed by atoms with Crippen molar-refractivity contribution in [2.75, 3.05) is 26.2 Å². The van der Waals surface area contributed by atoms with Gasteiger partial charge in [0.25, 0.3) is 5.91 Å². The molecule has 5 atom stereocenters. The Balaban J connectivity index is 1.23. The molecule has 9 heteroatoms. The summed E-state index contributed by atoms with van der Waals surface area (Å²) in [5.74, 6) is -0.0394. The molecule has 4 N–H and O–H groups in total. The van der Waals surface area contributed by atoms with Gasteiger partial charge in [-0.3, -0.25) is 19.2 Å². The van der Waals surface area contributed by atoms with Crippen molar-refractivity contribution in [3.8, 4) is 0 Å². The molecule has 2 aliphatic rings. The van der Waals surface area contributed by atoms with Gasteiger partial charge in [-0.05, 0) is 48.4 Å². The van der Waals surface area contributed by atoms with Gasteiger partial charge in [0.1, 0.15) is 6.04 Å². The van der Waals surface area contributed by atoms with Crippen molar-refractivity contribution >= 4 is 23.6 Å². The van der Waals surface area contributed by atoms with Gasteiger partial charge in [-0.1, -0.05) is 102 Å². The maximum absolute atomic E-state index is 13.4. The number of amides is 4. The lowest BCUT2D eigenvalue weighted by Crippen LogP contribution is -2.51. The lowest BCUT2D eigenvalue weighted by molar-refractivity contribution is -0.129. The molecule has 262 valence electrons. The van der Waals surface area contributed by atoms with Crippen LogP contribution in [0, 0.1) is 11.8 Å². The molecule has 0 bridgehead atoms. The van der Waals surface area contributed by atoms with Gasteiger partial charge in [0.15, 0.2) is 0 Å². The van der Waals surface area contributed by atoms with E-state index in [-0.39, 0.29) is 41.5 Å². The number of carbonyl (C=O) groups is 4. The first-order chi connectivity index (χ1) is 23.3. The zero-order chi connectivity index (χ0) is 34.3. The summed E-state index contributed by atoms with van der Waals surface area (Å²) >= 11 is 0. The largest absolute Gasteiger partial charge is 0.354 e. The normalized spacial score (nSPS) is 20.6. The van der Waals surface area contributed by atoms with E-state index in [2.05, 4.69) is 47.2 Å². The molecule has 1 saturated carbocycles. The van der Waals surface area contributed by atoms with E-state index in [9.17, 15) is 19.2 Å². The molecule has 0 spiro atoms. The molecule has 0 aromatic heterocycles. The molecule has 2 fully saturated rings. The van der Waals surface area contributed by atoms with Gasteiger partial charge in [-0.2, -0.15) is 0 Å². The second-order valence-electron chi connectivity index (χ2n) is 13.8. The SMILES string of the molecule is CCCCCCNC(=O)[C@H](CNCc1ccc(C(=O)N2C[C@@H](C)[C@H](C(=O)N[C@H]3C[C@@H]3c3ccccc3)C2)cc1)NC(=O)CCCCCC. The Hall–Kier alpha value is -3.72. The molecule has 1 aliphatic carbocycles. The van der Waals surface area contributed by atoms with Crippen LogP contribution < -0.4 is 21.3 Å². The summed E-state index contributed by atoms with van der Waals surface area (Å²) in [5, 5.41) is 12.5. The summed E-state index contributed by atoms with van der Waals surface area (Å²) in [6.45, 7) is 8.72. The van der Waals surface area contributed by atoms with Crippen LogP contribution >= 0.6 is 0 Å². The Morgan fingerprint density at radius 2 is 1.56 bits per heavy atom. The van der Waals surface area contributed by atoms with Gasteiger partial charge in [-0.15, -0.1) is 0 Å². The lowest BCUT2D eigenvalue weighted by Gasteiger charge is -2.19. The Morgan fingerprint density at radius 1 is 0.854 bits per heavy atom. The standard InChI is InChI=1S/C39H57N5O4/c1-4-6-8-13-17-36(45)42-35(38(47)41-22-14-9-7-5-2)25-40-24-29-18-20-31(21-19-29)39(48)44-26-28(3)33(27-44)37(46)43-34-23-32(34)30-15-11-10-12-16-30/h10-12,15-16,18-21,28,32-35,40H,4-9,13-14,17,22-27H2,1-3H3,(H,41,47)(H,42,45)(H,43,46)/t28-,32-,33-,34+,35+/m1/s1. The number of unbranched alkanes of at least 4 members (excludes halogenated alkanes) is 6. The topological polar surface area (TPSA) is 120 Å². The van der Waals surface area contributed by atoms with Crippen molar-refractivity contribution in [3.05, 3.63) is 71.3 Å². The summed E-state index contributed by atoms with van der Waals surface area (Å²) in [4.78, 5) is 53.9. The molecule has 1 saturated heterocycles. The van der Waals surface area contributed by atoms with Gasteiger partial charge in [-0.25, -0.2) is 0 Å². The van der Waals surface area contributed by atoms with Crippen LogP contribution in [0.5, 0.6) is 0 Å². The number of carbonyl (C=O) groups excluding carboxylic acids is 4. The number of rotatable bonds is 20. The van der Waals surface area contributed by atoms with E-state index in [1.165, 1.54) is 5.56 Å². The van der Waals surface area contributed by atoms with Crippen LogP contribution in [0.4, 0.5) is 0 Å². The molecule has 4 rings (SSSR count). The van der Waals surface area contributed by atoms with Crippen molar-refractivity contribution < 1.29 is 19.2 Å². The lowest BCUT2D eigenvalue weighted by atomic mass is 9.97. The molecule has 2 aromatic rings. The predicted molar refractivity (Wildman–Crippen MR) is 190 cm³/mol. The highest BCUT2D eigenvalue weighted by molar-refractivity contribution is 5.95. The fourth-order valence-corrected chi connectivity index (χ4v) is 6.57. The smallest absolute Gasteiger partial charge is 0.253 e. The number of nitrogens with one attached hydrogen (secondary N) is 4. The van der Waals surface area contributed by atoms with Gasteiger partial charge in [0.05, 0.1) is 5.92 Å². The van der Waals surface area contributed by atoms with E-state index in [1.54, 1.807) is 4.90 Å². The van der Waals surface area contributed by atoms with Crippen LogP contribution in [0.1, 0.15) is 112 Å². The number of nitrogens with zero attached hydrogens (tertiary/aromatic N) is 1. The Labute approximate surface area is 287 Å². The Morgan fingerprint density at radius 3 is 2.27 bits per heavy atom. The van der Waals surface area contributed by atoms with Crippen LogP contribution in [0.2, 0.25) is 0 Å². The second-order valence-corrected chi connectivity index (χ2v) is 13.8. The van der Waals surface area contributed by atoms with Crippen molar-refractivity contribution in [2.45, 2.75) is 110 Å². The number of likely N-dealkylation sites (tertiary alicyclic amines) is 1. The van der Waals surface area contributed by atoms with Gasteiger partial charge in [0, 0.05) is 56.7 Å². The van der Waals surface area contributed by atoms with Crippen LogP contribution in [-0.4, -0.2) is 66.8 Å². The zero-order valence-electron chi connectivity index (χ0n) is 29.3. The number of hydrogen-bond acceptors (Lipinski definition) is 5. The molecule has 0 unspecified atom stereocenters. The summed E-state index contributed by atoms with van der Waals surface area (Å²) in [6, 6.07) is 17.3. The number of hydrogen-bond donors (Lipinski definition) is 4. The minimum Gasteiger partial charge on any atom is -0.354 e. The van der Waals surface area contributed by atoms with E-state index in [1.807, 2.05) is 49.4 Å². The number of benzene rings is 2. The first-order valence-corrected chi connectivity index (χ1v) is 18.3. The second kappa shape index (κ2) is 19.3. The molecular weight excluding hydrogens is 602 g/mol. The molecular formula is C39H57N5O4. The van der Waals surface area contributed by atoms with E-state index in [4.69, 9.17) is 0 Å². The molecule has 0 radical (unpaired) electrons. The summed E-state index contributed by atoms with van der Waals surface area (Å²) < 4.78 is 0. The summed E-state index contributed by atoms with van der Waals surface area (Å²) in [5.41, 5.74) is 2.82. The predicted octanol–water partition coefficient (Wildman–Crippen LogP) is 5.31. The molecule has 2 aromatic carbocycles. The van der Waals surface area contributed by atoms with Crippen LogP contribution in [0.3, 0.4) is 0 Å². The van der Waals surface area contributed by atoms with Crippen molar-refractivity contribution in [1.29, 1.82) is 0 Å². The Bertz CT molecular complexity index is 1320. The Kier molecular flexibility index (Phi) is 14.9. The van der Waals surface area contributed by atoms with Crippen molar-refractivity contribution in [3.63, 3.8) is 0 Å². The molecule has 9 nitrogen and oxygen atoms in total. The highest BCUT2D eigenvalue weighted by Gasteiger charge is 2.43. The van der Waals surface area contributed by atoms with E-state index in [0.717, 1.165) is 63.4 Å². The average Bonchev–Trinajstić information content (AvgIpc) is 3.75. The highest BCUT2D eigenvalue weighted by Crippen LogP contribution is 2.41. The fraction of sp³-hybridized carbons (Fsp3) is 0.590. The molecule has 1 aliphatic heterocycles. The maximum Gasteiger partial charge on any atom is 0.253 e. The van der Waals surface area contributed by atoms with Gasteiger partial charge < -0.3 is 26.2 Å². The van der Waals surface area contributed by atoms with Gasteiger partial charge in [0.2, 0.25) is 17.7 Å². The van der Waals surface area contributed by atoms with Crippen LogP contribution in [-0.2, 0) is 20.9 Å². The molecule has 4 amide bonds. The maximum atomic E-state index is 13.4. The first-order valence-electron chi connectivity index (χ1n) is 18.3. The van der Waals surface area contributed by atoms with E-state index >= 15 is 0 Å². The molecule has 48 heavy (non-hydrogen) atoms. The third-order valence-corrected chi connectivity index (χ3v) is 9.70. The first kappa shape index (κ1) is 37.1. The molecule has 1 heterocycles. The van der Waals surface area contributed by atoms with E-state index < -0.39 is 6.04 Å². The van der Waals surface area contributed by atoms with Gasteiger partial charge >= 0.3 is 0 Å². The van der Waals surface area contributed by atoms with Crippen LogP contribution in [0.25, 0.3) is 0 Å². The highest BCUT2D eigenvalue weighted by atomic mass is 16.2. The fourth-order valence-electron chi connectivity index (χ4n) is 6.57.